The van der Waals surface area contributed by atoms with Crippen molar-refractivity contribution in [1.82, 2.24) is 0 Å². The maximum absolute atomic E-state index is 11.8. The molecule has 0 amide bonds. The normalized spacial score (nSPS) is 15.9. The molecule has 20 heavy (non-hydrogen) atoms. The number of rotatable bonds is 7. The lowest BCUT2D eigenvalue weighted by molar-refractivity contribution is -0.153. The van der Waals surface area contributed by atoms with Gasteiger partial charge in [-0.25, -0.2) is 16.8 Å². The van der Waals surface area contributed by atoms with E-state index in [2.05, 4.69) is 0 Å². The summed E-state index contributed by atoms with van der Waals surface area (Å²) in [4.78, 5) is 11.0. The third-order valence-electron chi connectivity index (χ3n) is 3.48. The lowest BCUT2D eigenvalue weighted by atomic mass is 9.84. The van der Waals surface area contributed by atoms with Gasteiger partial charge in [-0.15, -0.1) is 0 Å². The van der Waals surface area contributed by atoms with Crippen LogP contribution >= 0.6 is 0 Å². The number of hydrogen-bond donors (Lipinski definition) is 3. The molecule has 0 saturated carbocycles. The van der Waals surface area contributed by atoms with E-state index in [1.54, 1.807) is 0 Å². The summed E-state index contributed by atoms with van der Waals surface area (Å²) in [5.41, 5.74) is -1.77. The van der Waals surface area contributed by atoms with Crippen LogP contribution in [0.15, 0.2) is 0 Å². The Labute approximate surface area is 118 Å². The number of hydrogen-bond acceptors (Lipinski definition) is 7. The minimum Gasteiger partial charge on any atom is -0.481 e. The molecule has 0 aliphatic rings. The molecule has 3 N–H and O–H groups in total. The van der Waals surface area contributed by atoms with Gasteiger partial charge in [0, 0.05) is 18.9 Å². The minimum absolute atomic E-state index is 0.616. The van der Waals surface area contributed by atoms with Crippen LogP contribution in [0, 0.1) is 5.41 Å². The van der Waals surface area contributed by atoms with E-state index in [-0.39, 0.29) is 0 Å². The first-order valence-corrected chi connectivity index (χ1v) is 9.33. The number of aliphatic hydroxyl groups excluding tert-OH is 2. The van der Waals surface area contributed by atoms with Crippen molar-refractivity contribution in [2.75, 3.05) is 19.1 Å². The van der Waals surface area contributed by atoms with Gasteiger partial charge in [-0.2, -0.15) is 0 Å². The molecule has 0 aromatic heterocycles. The van der Waals surface area contributed by atoms with Crippen molar-refractivity contribution < 1.29 is 36.9 Å². The molecule has 10 heteroatoms. The average molecular weight is 332 g/mol. The summed E-state index contributed by atoms with van der Waals surface area (Å²) in [6.45, 7) is 0.997. The highest BCUT2D eigenvalue weighted by atomic mass is 32.3. The van der Waals surface area contributed by atoms with Crippen molar-refractivity contribution >= 4 is 25.6 Å². The molecule has 0 aliphatic heterocycles. The van der Waals surface area contributed by atoms with E-state index in [0.717, 1.165) is 13.8 Å². The largest absolute Gasteiger partial charge is 0.481 e. The molecular weight excluding hydrogens is 312 g/mol. The van der Waals surface area contributed by atoms with Crippen LogP contribution in [-0.4, -0.2) is 67.4 Å². The van der Waals surface area contributed by atoms with Gasteiger partial charge in [0.1, 0.15) is 0 Å². The zero-order valence-electron chi connectivity index (χ0n) is 11.7. The van der Waals surface area contributed by atoms with E-state index >= 15 is 0 Å². The molecule has 1 atom stereocenters. The second-order valence-electron chi connectivity index (χ2n) is 5.36. The van der Waals surface area contributed by atoms with Crippen molar-refractivity contribution in [1.29, 1.82) is 0 Å². The Morgan fingerprint density at radius 2 is 1.45 bits per heavy atom. The van der Waals surface area contributed by atoms with Crippen molar-refractivity contribution in [2.45, 2.75) is 30.5 Å². The minimum atomic E-state index is -4.31. The highest BCUT2D eigenvalue weighted by Gasteiger charge is 2.54. The molecule has 0 aromatic rings. The molecule has 0 aliphatic carbocycles. The summed E-state index contributed by atoms with van der Waals surface area (Å²) in [5, 5.41) is 28.2. The molecule has 0 rings (SSSR count). The van der Waals surface area contributed by atoms with Crippen LogP contribution in [0.4, 0.5) is 0 Å². The molecule has 1 unspecified atom stereocenters. The van der Waals surface area contributed by atoms with E-state index in [1.807, 2.05) is 0 Å². The fraction of sp³-hybridized carbons (Fsp3) is 0.900. The van der Waals surface area contributed by atoms with E-state index in [1.165, 1.54) is 0 Å². The lowest BCUT2D eigenvalue weighted by Gasteiger charge is -2.34. The molecule has 0 aromatic carbocycles. The first kappa shape index (κ1) is 19.3. The molecule has 0 spiro atoms. The van der Waals surface area contributed by atoms with Crippen molar-refractivity contribution in [3.8, 4) is 0 Å². The Hall–Kier alpha value is -0.710. The Balaban J connectivity index is 5.96. The molecule has 120 valence electrons. The number of sulfone groups is 2. The first-order chi connectivity index (χ1) is 8.63. The van der Waals surface area contributed by atoms with Crippen LogP contribution < -0.4 is 0 Å². The molecule has 8 nitrogen and oxygen atoms in total. The number of carbonyl (C=O) groups is 1. The topological polar surface area (TPSA) is 146 Å². The zero-order chi connectivity index (χ0) is 16.6. The van der Waals surface area contributed by atoms with Crippen LogP contribution in [0.25, 0.3) is 0 Å². The molecule has 0 bridgehead atoms. The van der Waals surface area contributed by atoms with Crippen molar-refractivity contribution in [3.05, 3.63) is 0 Å². The predicted molar refractivity (Wildman–Crippen MR) is 71.5 cm³/mol. The van der Waals surface area contributed by atoms with Gasteiger partial charge in [-0.1, -0.05) is 0 Å². The van der Waals surface area contributed by atoms with E-state index in [4.69, 9.17) is 5.11 Å². The summed E-state index contributed by atoms with van der Waals surface area (Å²) in [6.07, 6.45) is -1.48. The molecule has 0 heterocycles. The molecular formula is C10H20O8S2. The second-order valence-corrected chi connectivity index (χ2v) is 10.3. The smallest absolute Gasteiger partial charge is 0.311 e. The highest BCUT2D eigenvalue weighted by Crippen LogP contribution is 2.34. The molecule has 0 radical (unpaired) electrons. The number of aliphatic carboxylic acids is 1. The Kier molecular flexibility index (Phi) is 5.39. The number of aliphatic hydroxyl groups is 2. The maximum Gasteiger partial charge on any atom is 0.311 e. The van der Waals surface area contributed by atoms with Crippen LogP contribution in [0.1, 0.15) is 20.3 Å². The monoisotopic (exact) mass is 332 g/mol. The van der Waals surface area contributed by atoms with Gasteiger partial charge in [0.05, 0.1) is 18.1 Å². The van der Waals surface area contributed by atoms with Crippen LogP contribution in [0.5, 0.6) is 0 Å². The summed E-state index contributed by atoms with van der Waals surface area (Å²) in [7, 11) is -8.61. The fourth-order valence-electron chi connectivity index (χ4n) is 1.57. The van der Waals surface area contributed by atoms with Gasteiger partial charge in [-0.3, -0.25) is 4.79 Å². The Morgan fingerprint density at radius 1 is 1.10 bits per heavy atom. The van der Waals surface area contributed by atoms with Gasteiger partial charge < -0.3 is 15.3 Å². The van der Waals surface area contributed by atoms with Gasteiger partial charge in [0.2, 0.25) is 0 Å². The van der Waals surface area contributed by atoms with E-state index in [0.29, 0.717) is 12.5 Å². The summed E-state index contributed by atoms with van der Waals surface area (Å²) < 4.78 is 44.4. The number of carboxylic acids is 1. The summed E-state index contributed by atoms with van der Waals surface area (Å²) in [5.74, 6) is -1.42. The maximum atomic E-state index is 11.8. The summed E-state index contributed by atoms with van der Waals surface area (Å²) >= 11 is 0. The van der Waals surface area contributed by atoms with Gasteiger partial charge in [0.15, 0.2) is 23.8 Å². The second kappa shape index (κ2) is 5.58. The van der Waals surface area contributed by atoms with E-state index < -0.39 is 54.3 Å². The van der Waals surface area contributed by atoms with Gasteiger partial charge >= 0.3 is 5.97 Å². The molecule has 0 fully saturated rings. The highest BCUT2D eigenvalue weighted by molar-refractivity contribution is 8.09. The Bertz CT molecular complexity index is 540. The van der Waals surface area contributed by atoms with Crippen molar-refractivity contribution in [3.63, 3.8) is 0 Å². The van der Waals surface area contributed by atoms with Crippen LogP contribution in [0.3, 0.4) is 0 Å². The third kappa shape index (κ3) is 3.30. The van der Waals surface area contributed by atoms with Gasteiger partial charge in [-0.05, 0) is 13.8 Å². The van der Waals surface area contributed by atoms with Crippen LogP contribution in [0.2, 0.25) is 0 Å². The third-order valence-corrected chi connectivity index (χ3v) is 8.59. The van der Waals surface area contributed by atoms with Crippen LogP contribution in [-0.2, 0) is 24.5 Å². The first-order valence-electron chi connectivity index (χ1n) is 5.55. The fourth-order valence-corrected chi connectivity index (χ4v) is 5.16. The average Bonchev–Trinajstić information content (AvgIpc) is 2.21. The predicted octanol–water partition coefficient (Wildman–Crippen LogP) is -1.37. The quantitative estimate of drug-likeness (QED) is 0.517. The zero-order valence-corrected chi connectivity index (χ0v) is 13.3. The van der Waals surface area contributed by atoms with E-state index in [9.17, 15) is 31.8 Å². The lowest BCUT2D eigenvalue weighted by Crippen LogP contribution is -2.53. The standard InChI is InChI=1S/C10H20O8S2/c1-9(2,8(13)14)7(12)5-10(6-11,19(3,15)16)20(4,17)18/h7,11-12H,5-6H2,1-4H3,(H,13,14). The number of carboxylic acid groups (broad SMARTS) is 1. The van der Waals surface area contributed by atoms with Gasteiger partial charge in [0.25, 0.3) is 0 Å². The molecule has 0 saturated heterocycles. The Morgan fingerprint density at radius 3 is 1.65 bits per heavy atom. The van der Waals surface area contributed by atoms with Crippen molar-refractivity contribution in [2.24, 2.45) is 5.41 Å². The SMILES string of the molecule is CC(C)(C(=O)O)C(O)CC(CO)(S(C)(=O)=O)S(C)(=O)=O. The summed E-state index contributed by atoms with van der Waals surface area (Å²) in [6, 6.07) is 0.